The quantitative estimate of drug-likeness (QED) is 0.124. The molecule has 1 aliphatic carbocycles. The number of ether oxygens (including phenoxy) is 3. The lowest BCUT2D eigenvalue weighted by Gasteiger charge is -2.44. The van der Waals surface area contributed by atoms with Crippen LogP contribution in [0, 0.1) is 11.3 Å². The molecule has 4 unspecified atom stereocenters. The zero-order valence-electron chi connectivity index (χ0n) is 27.7. The number of nitrogens with one attached hydrogen (secondary N) is 2. The maximum atomic E-state index is 13.0. The summed E-state index contributed by atoms with van der Waals surface area (Å²) in [5.74, 6) is -1.19. The van der Waals surface area contributed by atoms with Crippen LogP contribution in [0.15, 0.2) is 0 Å². The van der Waals surface area contributed by atoms with Crippen LogP contribution in [0.4, 0.5) is 0 Å². The number of unbranched alkanes of at least 4 members (excludes halogenated alkanes) is 9. The van der Waals surface area contributed by atoms with Crippen LogP contribution in [0.25, 0.3) is 0 Å². The fourth-order valence-electron chi connectivity index (χ4n) is 6.05. The van der Waals surface area contributed by atoms with Gasteiger partial charge in [-0.3, -0.25) is 14.4 Å². The minimum Gasteiger partial charge on any atom is -0.462 e. The molecule has 0 radical (unpaired) electrons. The molecule has 4 atom stereocenters. The highest BCUT2D eigenvalue weighted by atomic mass is 16.7. The lowest BCUT2D eigenvalue weighted by atomic mass is 9.85. The highest BCUT2D eigenvalue weighted by Gasteiger charge is 2.45. The first kappa shape index (κ1) is 36.5. The summed E-state index contributed by atoms with van der Waals surface area (Å²) < 4.78 is 17.3. The van der Waals surface area contributed by atoms with E-state index < -0.39 is 17.3 Å². The molecule has 244 valence electrons. The predicted molar refractivity (Wildman–Crippen MR) is 167 cm³/mol. The van der Waals surface area contributed by atoms with Crippen LogP contribution >= 0.6 is 0 Å². The molecule has 42 heavy (non-hydrogen) atoms. The van der Waals surface area contributed by atoms with Crippen LogP contribution in [0.3, 0.4) is 0 Å². The zero-order chi connectivity index (χ0) is 31.0. The Hall–Kier alpha value is -1.67. The molecular formula is C34H62N2O6. The van der Waals surface area contributed by atoms with Crippen LogP contribution in [-0.2, 0) is 28.6 Å². The van der Waals surface area contributed by atoms with Gasteiger partial charge in [0, 0.05) is 30.3 Å². The Bertz CT molecular complexity index is 814. The molecule has 1 heterocycles. The number of hydrogen-bond donors (Lipinski definition) is 2. The van der Waals surface area contributed by atoms with Crippen molar-refractivity contribution >= 4 is 17.8 Å². The molecule has 2 amide bonds. The van der Waals surface area contributed by atoms with Crippen molar-refractivity contribution in [3.8, 4) is 0 Å². The second-order valence-electron chi connectivity index (χ2n) is 13.8. The van der Waals surface area contributed by atoms with Gasteiger partial charge in [-0.2, -0.15) is 0 Å². The third-order valence-corrected chi connectivity index (χ3v) is 8.81. The monoisotopic (exact) mass is 594 g/mol. The third-order valence-electron chi connectivity index (χ3n) is 8.81. The van der Waals surface area contributed by atoms with Gasteiger partial charge in [-0.15, -0.1) is 0 Å². The van der Waals surface area contributed by atoms with Crippen molar-refractivity contribution in [2.24, 2.45) is 11.3 Å². The molecule has 0 aromatic carbocycles. The van der Waals surface area contributed by atoms with Crippen molar-refractivity contribution in [3.63, 3.8) is 0 Å². The molecule has 0 aromatic heterocycles. The Morgan fingerprint density at radius 1 is 0.905 bits per heavy atom. The Balaban J connectivity index is 1.63. The Labute approximate surface area is 256 Å². The van der Waals surface area contributed by atoms with Gasteiger partial charge in [-0.05, 0) is 46.0 Å². The number of rotatable bonds is 19. The summed E-state index contributed by atoms with van der Waals surface area (Å²) in [5.41, 5.74) is -0.467. The molecule has 0 spiro atoms. The van der Waals surface area contributed by atoms with E-state index in [2.05, 4.69) is 24.5 Å². The molecule has 0 aromatic rings. The topological polar surface area (TPSA) is 103 Å². The summed E-state index contributed by atoms with van der Waals surface area (Å²) in [4.78, 5) is 38.3. The fourth-order valence-corrected chi connectivity index (χ4v) is 6.05. The van der Waals surface area contributed by atoms with E-state index in [-0.39, 0.29) is 48.8 Å². The summed E-state index contributed by atoms with van der Waals surface area (Å²) in [5, 5.41) is 6.09. The van der Waals surface area contributed by atoms with Crippen molar-refractivity contribution in [3.05, 3.63) is 0 Å². The molecule has 2 N–H and O–H groups in total. The molecule has 8 nitrogen and oxygen atoms in total. The highest BCUT2D eigenvalue weighted by Crippen LogP contribution is 2.35. The number of carbonyl (C=O) groups excluding carboxylic acids is 3. The fraction of sp³-hybridized carbons (Fsp3) is 0.912. The van der Waals surface area contributed by atoms with Crippen LogP contribution in [-0.4, -0.2) is 55.0 Å². The van der Waals surface area contributed by atoms with E-state index in [1.165, 1.54) is 57.8 Å². The third kappa shape index (κ3) is 13.7. The summed E-state index contributed by atoms with van der Waals surface area (Å²) in [6.07, 6.45) is 17.3. The minimum absolute atomic E-state index is 0.0433. The van der Waals surface area contributed by atoms with Crippen LogP contribution in [0.2, 0.25) is 0 Å². The molecule has 1 saturated heterocycles. The van der Waals surface area contributed by atoms with E-state index in [9.17, 15) is 14.4 Å². The molecule has 1 aliphatic heterocycles. The first-order valence-corrected chi connectivity index (χ1v) is 17.1. The van der Waals surface area contributed by atoms with E-state index in [4.69, 9.17) is 14.2 Å². The van der Waals surface area contributed by atoms with Gasteiger partial charge in [0.15, 0.2) is 5.79 Å². The second kappa shape index (κ2) is 18.9. The first-order valence-electron chi connectivity index (χ1n) is 17.1. The van der Waals surface area contributed by atoms with Crippen molar-refractivity contribution in [1.29, 1.82) is 0 Å². The smallest absolute Gasteiger partial charge is 0.307 e. The maximum absolute atomic E-state index is 13.0. The normalized spacial score (nSPS) is 24.0. The molecule has 0 bridgehead atoms. The summed E-state index contributed by atoms with van der Waals surface area (Å²) in [7, 11) is 0. The van der Waals surface area contributed by atoms with E-state index in [0.717, 1.165) is 38.5 Å². The van der Waals surface area contributed by atoms with Crippen molar-refractivity contribution in [2.45, 2.75) is 175 Å². The number of hydrogen-bond acceptors (Lipinski definition) is 6. The van der Waals surface area contributed by atoms with Crippen molar-refractivity contribution in [1.82, 2.24) is 10.6 Å². The SMILES string of the molecule is CCCCCCCCCCCCC(CC)C(=O)NC1CCCC(OC(=O)CCNC(=O)C2OC(C)(C)OCC2(C)C)C1. The average molecular weight is 595 g/mol. The van der Waals surface area contributed by atoms with Gasteiger partial charge >= 0.3 is 5.97 Å². The molecule has 2 aliphatic rings. The summed E-state index contributed by atoms with van der Waals surface area (Å²) in [6.45, 7) is 12.4. The standard InChI is InChI=1S/C34H62N2O6/c1-7-9-10-11-12-13-14-15-16-17-19-26(8-2)31(38)36-27-20-18-21-28(24-27)41-29(37)22-23-35-32(39)30-33(3,4)25-40-34(5,6)42-30/h26-28,30H,7-25H2,1-6H3,(H,35,39)(H,36,38). The zero-order valence-corrected chi connectivity index (χ0v) is 27.7. The van der Waals surface area contributed by atoms with Gasteiger partial charge in [-0.25, -0.2) is 0 Å². The van der Waals surface area contributed by atoms with Crippen LogP contribution in [0.5, 0.6) is 0 Å². The first-order chi connectivity index (χ1) is 20.0. The van der Waals surface area contributed by atoms with Crippen molar-refractivity contribution < 1.29 is 28.6 Å². The molecular weight excluding hydrogens is 532 g/mol. The summed E-state index contributed by atoms with van der Waals surface area (Å²) >= 11 is 0. The van der Waals surface area contributed by atoms with Gasteiger partial charge in [-0.1, -0.05) is 91.9 Å². The van der Waals surface area contributed by atoms with Gasteiger partial charge in [0.2, 0.25) is 11.8 Å². The number of carbonyl (C=O) groups is 3. The number of esters is 1. The largest absolute Gasteiger partial charge is 0.462 e. The van der Waals surface area contributed by atoms with E-state index >= 15 is 0 Å². The van der Waals surface area contributed by atoms with Crippen LogP contribution < -0.4 is 10.6 Å². The lowest BCUT2D eigenvalue weighted by Crippen LogP contribution is -2.56. The lowest BCUT2D eigenvalue weighted by molar-refractivity contribution is -0.304. The minimum atomic E-state index is -0.826. The summed E-state index contributed by atoms with van der Waals surface area (Å²) in [6, 6.07) is 0.0433. The van der Waals surface area contributed by atoms with E-state index in [1.807, 2.05) is 13.8 Å². The molecule has 1 saturated carbocycles. The molecule has 2 fully saturated rings. The Morgan fingerprint density at radius 2 is 1.55 bits per heavy atom. The number of amides is 2. The Morgan fingerprint density at radius 3 is 2.19 bits per heavy atom. The highest BCUT2D eigenvalue weighted by molar-refractivity contribution is 5.82. The second-order valence-corrected chi connectivity index (χ2v) is 13.8. The Kier molecular flexibility index (Phi) is 16.4. The average Bonchev–Trinajstić information content (AvgIpc) is 2.93. The van der Waals surface area contributed by atoms with Gasteiger partial charge in [0.1, 0.15) is 12.2 Å². The maximum Gasteiger partial charge on any atom is 0.307 e. The molecule has 8 heteroatoms. The van der Waals surface area contributed by atoms with Gasteiger partial charge in [0.05, 0.1) is 13.0 Å². The van der Waals surface area contributed by atoms with E-state index in [1.54, 1.807) is 13.8 Å². The molecule has 2 rings (SSSR count). The van der Waals surface area contributed by atoms with Crippen molar-refractivity contribution in [2.75, 3.05) is 13.2 Å². The van der Waals surface area contributed by atoms with Crippen LogP contribution in [0.1, 0.15) is 151 Å². The van der Waals surface area contributed by atoms with Gasteiger partial charge in [0.25, 0.3) is 0 Å². The van der Waals surface area contributed by atoms with E-state index in [0.29, 0.717) is 13.0 Å². The van der Waals surface area contributed by atoms with Gasteiger partial charge < -0.3 is 24.8 Å². The predicted octanol–water partition coefficient (Wildman–Crippen LogP) is 6.98.